The number of carbonyl (C=O) groups is 1. The van der Waals surface area contributed by atoms with E-state index in [0.29, 0.717) is 25.7 Å². The molecule has 0 heterocycles. The van der Waals surface area contributed by atoms with Crippen molar-refractivity contribution in [1.82, 2.24) is 0 Å². The van der Waals surface area contributed by atoms with Crippen LogP contribution in [0, 0.1) is 0 Å². The quantitative estimate of drug-likeness (QED) is 0.215. The highest BCUT2D eigenvalue weighted by Crippen LogP contribution is 2.51. The predicted octanol–water partition coefficient (Wildman–Crippen LogP) is 6.63. The Kier molecular flexibility index (Phi) is 12.6. The summed E-state index contributed by atoms with van der Waals surface area (Å²) < 4.78 is 14.8. The number of hydrogen-bond acceptors (Lipinski definition) is 3. The summed E-state index contributed by atoms with van der Waals surface area (Å²) in [5.74, 6) is 0.0810. The first kappa shape index (κ1) is 26.6. The first-order chi connectivity index (χ1) is 15.6. The molecule has 176 valence electrons. The summed E-state index contributed by atoms with van der Waals surface area (Å²) in [6.07, 6.45) is 11.9. The first-order valence-electron chi connectivity index (χ1n) is 12.5. The van der Waals surface area contributed by atoms with Crippen LogP contribution in [0.15, 0.2) is 60.7 Å². The van der Waals surface area contributed by atoms with Gasteiger partial charge in [0.1, 0.15) is 5.78 Å². The van der Waals surface area contributed by atoms with Gasteiger partial charge in [0.15, 0.2) is 7.14 Å². The lowest BCUT2D eigenvalue weighted by atomic mass is 10.0. The third-order valence-corrected chi connectivity index (χ3v) is 9.81. The monoisotopic (exact) mass is 456 g/mol. The first-order valence-corrected chi connectivity index (χ1v) is 14.3. The maximum absolute atomic E-state index is 14.8. The van der Waals surface area contributed by atoms with E-state index in [9.17, 15) is 9.36 Å². The molecule has 0 amide bonds. The van der Waals surface area contributed by atoms with E-state index in [1.165, 1.54) is 38.5 Å². The fraction of sp³-hybridized carbons (Fsp3) is 0.536. The standard InChI is InChI=1S/C28H41O3P/c1-2-3-4-5-6-7-8-15-23-28(27(30)22-16-17-24-29)32(31,25-18-11-9-12-19-25)26-20-13-10-14-21-26/h9-14,18-21,28-29H,2-8,15-17,22-24H2,1H3. The molecule has 2 aromatic rings. The second kappa shape index (κ2) is 15.2. The van der Waals surface area contributed by atoms with Gasteiger partial charge >= 0.3 is 0 Å². The summed E-state index contributed by atoms with van der Waals surface area (Å²) in [6, 6.07) is 19.1. The lowest BCUT2D eigenvalue weighted by Gasteiger charge is -2.28. The number of Topliss-reactive ketones (excluding diaryl/α,β-unsaturated/α-hetero) is 1. The topological polar surface area (TPSA) is 54.4 Å². The number of rotatable bonds is 17. The molecule has 2 rings (SSSR count). The number of hydrogen-bond donors (Lipinski definition) is 1. The third kappa shape index (κ3) is 8.01. The largest absolute Gasteiger partial charge is 0.396 e. The summed E-state index contributed by atoms with van der Waals surface area (Å²) >= 11 is 0. The van der Waals surface area contributed by atoms with Gasteiger partial charge in [0.2, 0.25) is 0 Å². The number of aliphatic hydroxyl groups excluding tert-OH is 1. The Balaban J connectivity index is 2.20. The molecule has 1 N–H and O–H groups in total. The lowest BCUT2D eigenvalue weighted by molar-refractivity contribution is -0.119. The van der Waals surface area contributed by atoms with E-state index >= 15 is 0 Å². The normalized spacial score (nSPS) is 12.6. The predicted molar refractivity (Wildman–Crippen MR) is 137 cm³/mol. The molecule has 4 heteroatoms. The number of benzene rings is 2. The summed E-state index contributed by atoms with van der Waals surface area (Å²) in [6.45, 7) is 2.32. The summed E-state index contributed by atoms with van der Waals surface area (Å²) in [5.41, 5.74) is -0.494. The molecule has 1 unspecified atom stereocenters. The van der Waals surface area contributed by atoms with Crippen LogP contribution >= 0.6 is 7.14 Å². The van der Waals surface area contributed by atoms with Gasteiger partial charge < -0.3 is 9.67 Å². The Morgan fingerprint density at radius 2 is 1.25 bits per heavy atom. The number of unbranched alkanes of at least 4 members (excludes halogenated alkanes) is 8. The summed E-state index contributed by atoms with van der Waals surface area (Å²) in [5, 5.41) is 10.7. The van der Waals surface area contributed by atoms with Crippen LogP contribution in [0.3, 0.4) is 0 Å². The Morgan fingerprint density at radius 3 is 1.75 bits per heavy atom. The molecule has 32 heavy (non-hydrogen) atoms. The van der Waals surface area contributed by atoms with E-state index in [1.54, 1.807) is 0 Å². The molecule has 0 radical (unpaired) electrons. The van der Waals surface area contributed by atoms with Crippen LogP contribution in [0.1, 0.15) is 84.0 Å². The third-order valence-electron chi connectivity index (χ3n) is 6.25. The molecule has 0 fully saturated rings. The zero-order valence-electron chi connectivity index (χ0n) is 19.8. The molecule has 0 aromatic heterocycles. The Morgan fingerprint density at radius 1 is 0.750 bits per heavy atom. The van der Waals surface area contributed by atoms with Gasteiger partial charge in [-0.25, -0.2) is 0 Å². The van der Waals surface area contributed by atoms with Gasteiger partial charge in [-0.05, 0) is 19.3 Å². The second-order valence-corrected chi connectivity index (χ2v) is 11.7. The van der Waals surface area contributed by atoms with Crippen molar-refractivity contribution in [3.8, 4) is 0 Å². The van der Waals surface area contributed by atoms with Crippen LogP contribution < -0.4 is 10.6 Å². The van der Waals surface area contributed by atoms with E-state index in [-0.39, 0.29) is 12.4 Å². The highest BCUT2D eigenvalue weighted by Gasteiger charge is 2.40. The van der Waals surface area contributed by atoms with Crippen molar-refractivity contribution in [2.24, 2.45) is 0 Å². The zero-order chi connectivity index (χ0) is 23.1. The molecule has 0 saturated carbocycles. The smallest absolute Gasteiger partial charge is 0.153 e. The maximum atomic E-state index is 14.8. The number of ketones is 1. The lowest BCUT2D eigenvalue weighted by Crippen LogP contribution is -2.32. The minimum absolute atomic E-state index is 0.0810. The van der Waals surface area contributed by atoms with E-state index in [4.69, 9.17) is 5.11 Å². The second-order valence-electron chi connectivity index (χ2n) is 8.76. The molecule has 0 aliphatic rings. The van der Waals surface area contributed by atoms with Crippen LogP contribution in [-0.2, 0) is 9.36 Å². The molecular weight excluding hydrogens is 415 g/mol. The van der Waals surface area contributed by atoms with Crippen molar-refractivity contribution < 1.29 is 14.5 Å². The maximum Gasteiger partial charge on any atom is 0.153 e. The summed E-state index contributed by atoms with van der Waals surface area (Å²) in [7, 11) is -3.12. The average molecular weight is 457 g/mol. The van der Waals surface area contributed by atoms with Crippen LogP contribution in [0.4, 0.5) is 0 Å². The molecule has 0 aliphatic heterocycles. The van der Waals surface area contributed by atoms with E-state index in [1.807, 2.05) is 60.7 Å². The molecule has 0 aliphatic carbocycles. The molecular formula is C28H41O3P. The van der Waals surface area contributed by atoms with E-state index < -0.39 is 12.8 Å². The van der Waals surface area contributed by atoms with E-state index in [0.717, 1.165) is 23.5 Å². The van der Waals surface area contributed by atoms with Crippen molar-refractivity contribution in [2.75, 3.05) is 6.61 Å². The van der Waals surface area contributed by atoms with Crippen LogP contribution in [-0.4, -0.2) is 23.2 Å². The highest BCUT2D eigenvalue weighted by atomic mass is 31.2. The summed E-state index contributed by atoms with van der Waals surface area (Å²) in [4.78, 5) is 13.4. The van der Waals surface area contributed by atoms with Gasteiger partial charge in [0, 0.05) is 23.6 Å². The van der Waals surface area contributed by atoms with Crippen LogP contribution in [0.25, 0.3) is 0 Å². The SMILES string of the molecule is CCCCCCCCCCC(C(=O)CCCCO)P(=O)(c1ccccc1)c1ccccc1. The Hall–Kier alpha value is -1.70. The molecule has 0 bridgehead atoms. The molecule has 2 aromatic carbocycles. The minimum Gasteiger partial charge on any atom is -0.396 e. The fourth-order valence-corrected chi connectivity index (χ4v) is 7.73. The van der Waals surface area contributed by atoms with Gasteiger partial charge in [-0.1, -0.05) is 119 Å². The molecule has 1 atom stereocenters. The zero-order valence-corrected chi connectivity index (χ0v) is 20.6. The van der Waals surface area contributed by atoms with Crippen molar-refractivity contribution in [1.29, 1.82) is 0 Å². The number of aliphatic hydroxyl groups is 1. The van der Waals surface area contributed by atoms with Gasteiger partial charge in [-0.15, -0.1) is 0 Å². The fourth-order valence-electron chi connectivity index (χ4n) is 4.40. The average Bonchev–Trinajstić information content (AvgIpc) is 2.84. The molecule has 3 nitrogen and oxygen atoms in total. The molecule has 0 saturated heterocycles. The van der Waals surface area contributed by atoms with E-state index in [2.05, 4.69) is 6.92 Å². The van der Waals surface area contributed by atoms with Crippen molar-refractivity contribution in [2.45, 2.75) is 89.6 Å². The van der Waals surface area contributed by atoms with Crippen molar-refractivity contribution in [3.05, 3.63) is 60.7 Å². The van der Waals surface area contributed by atoms with Gasteiger partial charge in [-0.3, -0.25) is 4.79 Å². The Labute approximate surface area is 195 Å². The van der Waals surface area contributed by atoms with Gasteiger partial charge in [0.25, 0.3) is 0 Å². The molecule has 0 spiro atoms. The highest BCUT2D eigenvalue weighted by molar-refractivity contribution is 7.80. The minimum atomic E-state index is -3.12. The van der Waals surface area contributed by atoms with Crippen molar-refractivity contribution in [3.63, 3.8) is 0 Å². The Bertz CT molecular complexity index is 760. The van der Waals surface area contributed by atoms with Crippen LogP contribution in [0.5, 0.6) is 0 Å². The van der Waals surface area contributed by atoms with Gasteiger partial charge in [0.05, 0.1) is 5.66 Å². The van der Waals surface area contributed by atoms with Gasteiger partial charge in [-0.2, -0.15) is 0 Å². The number of carbonyl (C=O) groups excluding carboxylic acids is 1. The van der Waals surface area contributed by atoms with Crippen molar-refractivity contribution >= 4 is 23.5 Å². The van der Waals surface area contributed by atoms with Crippen LogP contribution in [0.2, 0.25) is 0 Å².